The van der Waals surface area contributed by atoms with E-state index in [0.717, 1.165) is 5.69 Å². The van der Waals surface area contributed by atoms with Gasteiger partial charge in [0.1, 0.15) is 0 Å². The minimum absolute atomic E-state index is 0.0504. The van der Waals surface area contributed by atoms with Gasteiger partial charge in [0, 0.05) is 32.3 Å². The van der Waals surface area contributed by atoms with Crippen LogP contribution in [0, 0.1) is 5.92 Å². The Kier molecular flexibility index (Phi) is 7.07. The molecule has 0 radical (unpaired) electrons. The molecule has 0 bridgehead atoms. The third-order valence-corrected chi connectivity index (χ3v) is 2.89. The van der Waals surface area contributed by atoms with Gasteiger partial charge >= 0.3 is 0 Å². The van der Waals surface area contributed by atoms with E-state index in [2.05, 4.69) is 10.3 Å². The van der Waals surface area contributed by atoms with Crippen LogP contribution < -0.4 is 5.32 Å². The average molecular weight is 265 g/mol. The number of rotatable bonds is 8. The Morgan fingerprint density at radius 1 is 1.53 bits per heavy atom. The maximum Gasteiger partial charge on any atom is 0.227 e. The number of nitrogens with one attached hydrogen (secondary N) is 1. The summed E-state index contributed by atoms with van der Waals surface area (Å²) in [5.41, 5.74) is 0.892. The van der Waals surface area contributed by atoms with Crippen molar-refractivity contribution in [2.24, 2.45) is 5.92 Å². The third-order valence-electron chi connectivity index (χ3n) is 2.89. The highest BCUT2D eigenvalue weighted by molar-refractivity contribution is 5.78. The first kappa shape index (κ1) is 15.6. The van der Waals surface area contributed by atoms with Crippen molar-refractivity contribution in [2.45, 2.75) is 13.5 Å². The summed E-state index contributed by atoms with van der Waals surface area (Å²) in [6.45, 7) is 4.24. The molecular weight excluding hydrogens is 242 g/mol. The second-order valence-corrected chi connectivity index (χ2v) is 4.53. The Morgan fingerprint density at radius 2 is 2.32 bits per heavy atom. The summed E-state index contributed by atoms with van der Waals surface area (Å²) in [6, 6.07) is 5.72. The number of carbonyl (C=O) groups is 1. The summed E-state index contributed by atoms with van der Waals surface area (Å²) in [6.07, 6.45) is 1.74. The monoisotopic (exact) mass is 265 g/mol. The van der Waals surface area contributed by atoms with Crippen LogP contribution in [0.2, 0.25) is 0 Å². The highest BCUT2D eigenvalue weighted by Gasteiger charge is 2.20. The molecule has 1 amide bonds. The predicted octanol–water partition coefficient (Wildman–Crippen LogP) is 0.912. The molecule has 0 aliphatic carbocycles. The number of pyridine rings is 1. The molecule has 0 fully saturated rings. The number of methoxy groups -OCH3 is 1. The fourth-order valence-corrected chi connectivity index (χ4v) is 1.86. The van der Waals surface area contributed by atoms with E-state index >= 15 is 0 Å². The summed E-state index contributed by atoms with van der Waals surface area (Å²) >= 11 is 0. The Hall–Kier alpha value is -1.46. The molecule has 1 N–H and O–H groups in total. The lowest BCUT2D eigenvalue weighted by molar-refractivity contribution is -0.136. The maximum absolute atomic E-state index is 12.3. The first-order valence-corrected chi connectivity index (χ1v) is 6.51. The molecule has 19 heavy (non-hydrogen) atoms. The highest BCUT2D eigenvalue weighted by Crippen LogP contribution is 2.07. The number of ether oxygens (including phenoxy) is 1. The molecule has 0 spiro atoms. The first-order chi connectivity index (χ1) is 9.19. The second-order valence-electron chi connectivity index (χ2n) is 4.53. The number of nitrogens with zero attached hydrogens (tertiary/aromatic N) is 2. The molecule has 5 nitrogen and oxygen atoms in total. The topological polar surface area (TPSA) is 54.5 Å². The van der Waals surface area contributed by atoms with Gasteiger partial charge in [0.2, 0.25) is 5.91 Å². The van der Waals surface area contributed by atoms with Crippen LogP contribution in [0.3, 0.4) is 0 Å². The standard InChI is InChI=1S/C14H23N3O2/c1-12(10-15-2)14(18)17(8-9-19-3)11-13-6-4-5-7-16-13/h4-7,12,15H,8-11H2,1-3H3. The number of hydrogen-bond acceptors (Lipinski definition) is 4. The van der Waals surface area contributed by atoms with Crippen LogP contribution in [0.25, 0.3) is 0 Å². The zero-order valence-electron chi connectivity index (χ0n) is 11.9. The first-order valence-electron chi connectivity index (χ1n) is 6.51. The van der Waals surface area contributed by atoms with Gasteiger partial charge in [-0.2, -0.15) is 0 Å². The lowest BCUT2D eigenvalue weighted by Gasteiger charge is -2.25. The van der Waals surface area contributed by atoms with Crippen molar-refractivity contribution in [3.05, 3.63) is 30.1 Å². The Balaban J connectivity index is 2.68. The quantitative estimate of drug-likeness (QED) is 0.759. The molecule has 1 atom stereocenters. The van der Waals surface area contributed by atoms with Gasteiger partial charge in [-0.15, -0.1) is 0 Å². The van der Waals surface area contributed by atoms with Gasteiger partial charge in [0.05, 0.1) is 18.8 Å². The molecule has 1 aromatic heterocycles. The van der Waals surface area contributed by atoms with Crippen molar-refractivity contribution < 1.29 is 9.53 Å². The molecule has 5 heteroatoms. The Morgan fingerprint density at radius 3 is 2.89 bits per heavy atom. The molecule has 1 unspecified atom stereocenters. The zero-order chi connectivity index (χ0) is 14.1. The predicted molar refractivity (Wildman–Crippen MR) is 74.6 cm³/mol. The summed E-state index contributed by atoms with van der Waals surface area (Å²) < 4.78 is 5.07. The van der Waals surface area contributed by atoms with Gasteiger partial charge in [0.15, 0.2) is 0 Å². The summed E-state index contributed by atoms with van der Waals surface area (Å²) in [5.74, 6) is 0.0719. The van der Waals surface area contributed by atoms with Crippen LogP contribution in [-0.2, 0) is 16.1 Å². The van der Waals surface area contributed by atoms with Crippen molar-refractivity contribution in [2.75, 3.05) is 33.9 Å². The normalized spacial score (nSPS) is 12.2. The minimum Gasteiger partial charge on any atom is -0.383 e. The van der Waals surface area contributed by atoms with Gasteiger partial charge in [0.25, 0.3) is 0 Å². The molecule has 0 aromatic carbocycles. The van der Waals surface area contributed by atoms with Crippen LogP contribution in [0.5, 0.6) is 0 Å². The van der Waals surface area contributed by atoms with Crippen molar-refractivity contribution in [3.8, 4) is 0 Å². The summed E-state index contributed by atoms with van der Waals surface area (Å²) in [4.78, 5) is 18.4. The minimum atomic E-state index is -0.0504. The highest BCUT2D eigenvalue weighted by atomic mass is 16.5. The number of aromatic nitrogens is 1. The van der Waals surface area contributed by atoms with Crippen LogP contribution in [0.4, 0.5) is 0 Å². The van der Waals surface area contributed by atoms with E-state index in [9.17, 15) is 4.79 Å². The molecule has 0 saturated carbocycles. The van der Waals surface area contributed by atoms with Crippen LogP contribution in [0.1, 0.15) is 12.6 Å². The molecule has 1 aromatic rings. The smallest absolute Gasteiger partial charge is 0.227 e. The summed E-state index contributed by atoms with van der Waals surface area (Å²) in [7, 11) is 3.49. The summed E-state index contributed by atoms with van der Waals surface area (Å²) in [5, 5.41) is 3.03. The Labute approximate surface area is 115 Å². The molecule has 0 saturated heterocycles. The van der Waals surface area contributed by atoms with E-state index in [1.807, 2.05) is 32.2 Å². The van der Waals surface area contributed by atoms with E-state index in [-0.39, 0.29) is 11.8 Å². The van der Waals surface area contributed by atoms with E-state index in [1.54, 1.807) is 18.2 Å². The van der Waals surface area contributed by atoms with Gasteiger partial charge in [-0.05, 0) is 19.2 Å². The number of carbonyl (C=O) groups excluding carboxylic acids is 1. The van der Waals surface area contributed by atoms with Gasteiger partial charge in [-0.3, -0.25) is 9.78 Å². The molecule has 1 heterocycles. The fourth-order valence-electron chi connectivity index (χ4n) is 1.86. The largest absolute Gasteiger partial charge is 0.383 e. The van der Waals surface area contributed by atoms with E-state index in [4.69, 9.17) is 4.74 Å². The molecular formula is C14H23N3O2. The van der Waals surface area contributed by atoms with Gasteiger partial charge in [-0.1, -0.05) is 13.0 Å². The lowest BCUT2D eigenvalue weighted by Crippen LogP contribution is -2.40. The SMILES string of the molecule is CNCC(C)C(=O)N(CCOC)Cc1ccccn1. The van der Waals surface area contributed by atoms with Crippen LogP contribution >= 0.6 is 0 Å². The van der Waals surface area contributed by atoms with Crippen molar-refractivity contribution in [1.82, 2.24) is 15.2 Å². The van der Waals surface area contributed by atoms with E-state index in [1.165, 1.54) is 0 Å². The zero-order valence-corrected chi connectivity index (χ0v) is 11.9. The molecule has 1 rings (SSSR count). The lowest BCUT2D eigenvalue weighted by atomic mass is 10.1. The number of amides is 1. The van der Waals surface area contributed by atoms with Crippen molar-refractivity contribution in [3.63, 3.8) is 0 Å². The van der Waals surface area contributed by atoms with Crippen LogP contribution in [0.15, 0.2) is 24.4 Å². The Bertz CT molecular complexity index is 370. The van der Waals surface area contributed by atoms with Crippen molar-refractivity contribution in [1.29, 1.82) is 0 Å². The molecule has 106 valence electrons. The third kappa shape index (κ3) is 5.36. The van der Waals surface area contributed by atoms with Crippen molar-refractivity contribution >= 4 is 5.91 Å². The fraction of sp³-hybridized carbons (Fsp3) is 0.571. The van der Waals surface area contributed by atoms with Crippen LogP contribution in [-0.4, -0.2) is 49.6 Å². The molecule has 0 aliphatic heterocycles. The molecule has 0 aliphatic rings. The second kappa shape index (κ2) is 8.61. The maximum atomic E-state index is 12.3. The van der Waals surface area contributed by atoms with E-state index < -0.39 is 0 Å². The average Bonchev–Trinajstić information content (AvgIpc) is 2.44. The van der Waals surface area contributed by atoms with Gasteiger partial charge in [-0.25, -0.2) is 0 Å². The van der Waals surface area contributed by atoms with E-state index in [0.29, 0.717) is 26.2 Å². The van der Waals surface area contributed by atoms with Gasteiger partial charge < -0.3 is 15.0 Å². The number of hydrogen-bond donors (Lipinski definition) is 1.